The van der Waals surface area contributed by atoms with E-state index in [1.54, 1.807) is 0 Å². The lowest BCUT2D eigenvalue weighted by Gasteiger charge is -2.18. The highest BCUT2D eigenvalue weighted by Crippen LogP contribution is 2.20. The normalized spacial score (nSPS) is 14.7. The Labute approximate surface area is 110 Å². The van der Waals surface area contributed by atoms with E-state index in [0.717, 1.165) is 6.54 Å². The van der Waals surface area contributed by atoms with Gasteiger partial charge < -0.3 is 5.32 Å². The molecule has 94 valence electrons. The number of rotatable bonds is 4. The van der Waals surface area contributed by atoms with Gasteiger partial charge in [-0.1, -0.05) is 44.2 Å². The second-order valence-corrected chi connectivity index (χ2v) is 5.17. The van der Waals surface area contributed by atoms with E-state index in [2.05, 4.69) is 62.2 Å². The molecule has 0 aliphatic heterocycles. The van der Waals surface area contributed by atoms with Crippen LogP contribution >= 0.6 is 0 Å². The maximum absolute atomic E-state index is 3.59. The van der Waals surface area contributed by atoms with E-state index in [1.165, 1.54) is 16.7 Å². The first kappa shape index (κ1) is 12.9. The fraction of sp³-hybridized carbons (Fsp3) is 0.353. The zero-order chi connectivity index (χ0) is 13.0. The molecule has 0 amide bonds. The van der Waals surface area contributed by atoms with Gasteiger partial charge in [0.05, 0.1) is 0 Å². The zero-order valence-corrected chi connectivity index (χ0v) is 11.4. The van der Waals surface area contributed by atoms with E-state index >= 15 is 0 Å². The van der Waals surface area contributed by atoms with Gasteiger partial charge in [-0.05, 0) is 41.7 Å². The summed E-state index contributed by atoms with van der Waals surface area (Å²) in [4.78, 5) is 0. The number of hydrogen-bond donors (Lipinski definition) is 1. The van der Waals surface area contributed by atoms with Crippen LogP contribution in [0.5, 0.6) is 0 Å². The molecule has 18 heavy (non-hydrogen) atoms. The van der Waals surface area contributed by atoms with Crippen molar-refractivity contribution in [2.45, 2.75) is 33.4 Å². The summed E-state index contributed by atoms with van der Waals surface area (Å²) in [6.45, 7) is 7.64. The highest BCUT2D eigenvalue weighted by molar-refractivity contribution is 5.70. The van der Waals surface area contributed by atoms with E-state index < -0.39 is 0 Å². The van der Waals surface area contributed by atoms with Crippen molar-refractivity contribution in [3.05, 3.63) is 52.8 Å². The van der Waals surface area contributed by atoms with Crippen molar-refractivity contribution in [2.75, 3.05) is 0 Å². The average Bonchev–Trinajstić information content (AvgIpc) is 2.61. The molecule has 1 unspecified atom stereocenters. The molecule has 1 aliphatic rings. The number of nitrogens with one attached hydrogen (secondary N) is 1. The quantitative estimate of drug-likeness (QED) is 0.783. The lowest BCUT2D eigenvalue weighted by atomic mass is 10.00. The molecule has 0 fully saturated rings. The summed E-state index contributed by atoms with van der Waals surface area (Å²) in [6.07, 6.45) is 8.21. The van der Waals surface area contributed by atoms with Gasteiger partial charge in [0.1, 0.15) is 0 Å². The predicted octanol–water partition coefficient (Wildman–Crippen LogP) is 4.02. The van der Waals surface area contributed by atoms with Crippen LogP contribution in [0.2, 0.25) is 0 Å². The summed E-state index contributed by atoms with van der Waals surface area (Å²) >= 11 is 0. The Morgan fingerprint density at radius 3 is 2.83 bits per heavy atom. The summed E-state index contributed by atoms with van der Waals surface area (Å²) in [7, 11) is 0. The molecule has 1 atom stereocenters. The molecule has 2 rings (SSSR count). The lowest BCUT2D eigenvalue weighted by molar-refractivity contribution is 0.426. The van der Waals surface area contributed by atoms with Crippen LogP contribution in [0.15, 0.2) is 36.1 Å². The Bertz CT molecular complexity index is 502. The van der Waals surface area contributed by atoms with Gasteiger partial charge in [0.2, 0.25) is 0 Å². The number of fused-ring (bicyclic) bond motifs is 1. The minimum absolute atomic E-state index is 0.529. The van der Waals surface area contributed by atoms with E-state index in [-0.39, 0.29) is 0 Å². The molecule has 0 saturated carbocycles. The highest BCUT2D eigenvalue weighted by Gasteiger charge is 2.09. The Morgan fingerprint density at radius 2 is 2.06 bits per heavy atom. The molecule has 1 N–H and O–H groups in total. The molecule has 1 aliphatic carbocycles. The van der Waals surface area contributed by atoms with Crippen LogP contribution in [0, 0.1) is 5.92 Å². The third-order valence-corrected chi connectivity index (χ3v) is 3.54. The molecule has 1 aromatic rings. The van der Waals surface area contributed by atoms with Crippen molar-refractivity contribution in [3.8, 4) is 0 Å². The predicted molar refractivity (Wildman–Crippen MR) is 79.2 cm³/mol. The van der Waals surface area contributed by atoms with Crippen LogP contribution in [0.3, 0.4) is 0 Å². The fourth-order valence-electron chi connectivity index (χ4n) is 1.95. The molecule has 0 bridgehead atoms. The number of hydrogen-bond acceptors (Lipinski definition) is 1. The Balaban J connectivity index is 2.20. The van der Waals surface area contributed by atoms with Crippen LogP contribution < -0.4 is 5.32 Å². The van der Waals surface area contributed by atoms with Crippen LogP contribution in [0.4, 0.5) is 0 Å². The van der Waals surface area contributed by atoms with Gasteiger partial charge in [-0.25, -0.2) is 0 Å². The first-order valence-electron chi connectivity index (χ1n) is 6.63. The Morgan fingerprint density at radius 1 is 1.22 bits per heavy atom. The largest absolute Gasteiger partial charge is 0.310 e. The molecular formula is C17H21N. The topological polar surface area (TPSA) is 12.0 Å². The second-order valence-electron chi connectivity index (χ2n) is 5.17. The van der Waals surface area contributed by atoms with Crippen molar-refractivity contribution >= 4 is 12.2 Å². The maximum atomic E-state index is 3.59. The van der Waals surface area contributed by atoms with Crippen molar-refractivity contribution in [1.82, 2.24) is 5.32 Å². The van der Waals surface area contributed by atoms with Crippen molar-refractivity contribution in [1.29, 1.82) is 0 Å². The van der Waals surface area contributed by atoms with Crippen LogP contribution in [-0.2, 0) is 6.54 Å². The molecule has 1 aromatic carbocycles. The number of benzene rings is 1. The van der Waals surface area contributed by atoms with Gasteiger partial charge in [0, 0.05) is 12.6 Å². The third-order valence-electron chi connectivity index (χ3n) is 3.54. The number of allylic oxidation sites excluding steroid dienone is 2. The van der Waals surface area contributed by atoms with Gasteiger partial charge in [0.15, 0.2) is 0 Å². The Kier molecular flexibility index (Phi) is 4.19. The molecule has 1 nitrogen and oxygen atoms in total. The summed E-state index contributed by atoms with van der Waals surface area (Å²) < 4.78 is 0. The molecule has 1 heteroatoms. The van der Waals surface area contributed by atoms with Gasteiger partial charge in [-0.3, -0.25) is 0 Å². The van der Waals surface area contributed by atoms with Crippen molar-refractivity contribution in [3.63, 3.8) is 0 Å². The SMILES string of the molecule is CC(C)C(C)NCc1cccc2c1C=C=CC=C2. The van der Waals surface area contributed by atoms with Crippen molar-refractivity contribution in [2.24, 2.45) is 5.92 Å². The van der Waals surface area contributed by atoms with E-state index in [4.69, 9.17) is 0 Å². The molecule has 0 aromatic heterocycles. The molecule has 0 saturated heterocycles. The average molecular weight is 239 g/mol. The van der Waals surface area contributed by atoms with E-state index in [0.29, 0.717) is 12.0 Å². The standard InChI is InChI=1S/C17H21N/c1-13(2)14(3)18-12-16-10-7-9-15-8-5-4-6-11-17(15)16/h4-5,7-11,13-14,18H,12H2,1-3H3. The Hall–Kier alpha value is -1.56. The molecule has 0 spiro atoms. The first-order chi connectivity index (χ1) is 8.68. The third kappa shape index (κ3) is 3.01. The summed E-state index contributed by atoms with van der Waals surface area (Å²) in [5, 5.41) is 3.59. The minimum Gasteiger partial charge on any atom is -0.310 e. The van der Waals surface area contributed by atoms with Crippen LogP contribution in [0.1, 0.15) is 37.5 Å². The fourth-order valence-corrected chi connectivity index (χ4v) is 1.95. The highest BCUT2D eigenvalue weighted by atomic mass is 14.9. The van der Waals surface area contributed by atoms with E-state index in [9.17, 15) is 0 Å². The molecule has 0 heterocycles. The van der Waals surface area contributed by atoms with Gasteiger partial charge in [-0.2, -0.15) is 0 Å². The smallest absolute Gasteiger partial charge is 0.0214 e. The lowest BCUT2D eigenvalue weighted by Crippen LogP contribution is -2.30. The van der Waals surface area contributed by atoms with E-state index in [1.807, 2.05) is 12.2 Å². The summed E-state index contributed by atoms with van der Waals surface area (Å²) in [5.41, 5.74) is 7.08. The van der Waals surface area contributed by atoms with Crippen LogP contribution in [0.25, 0.3) is 12.2 Å². The van der Waals surface area contributed by atoms with Gasteiger partial charge in [-0.15, -0.1) is 5.73 Å². The van der Waals surface area contributed by atoms with Crippen LogP contribution in [-0.4, -0.2) is 6.04 Å². The second kappa shape index (κ2) is 5.86. The molecule has 0 radical (unpaired) electrons. The minimum atomic E-state index is 0.529. The maximum Gasteiger partial charge on any atom is 0.0214 e. The first-order valence-corrected chi connectivity index (χ1v) is 6.63. The molecular weight excluding hydrogens is 218 g/mol. The summed E-state index contributed by atoms with van der Waals surface area (Å²) in [5.74, 6) is 0.655. The van der Waals surface area contributed by atoms with Gasteiger partial charge in [0.25, 0.3) is 0 Å². The van der Waals surface area contributed by atoms with Crippen molar-refractivity contribution < 1.29 is 0 Å². The summed E-state index contributed by atoms with van der Waals surface area (Å²) in [6, 6.07) is 7.00. The zero-order valence-electron chi connectivity index (χ0n) is 11.4. The monoisotopic (exact) mass is 239 g/mol. The van der Waals surface area contributed by atoms with Gasteiger partial charge >= 0.3 is 0 Å².